The minimum atomic E-state index is -3.29. The number of hydrogen-bond acceptors (Lipinski definition) is 7. The van der Waals surface area contributed by atoms with Crippen molar-refractivity contribution in [1.29, 1.82) is 0 Å². The number of imidazole rings is 1. The van der Waals surface area contributed by atoms with Crippen molar-refractivity contribution in [3.8, 4) is 5.75 Å². The monoisotopic (exact) mass is 434 g/mol. The number of anilines is 1. The Hall–Kier alpha value is -2.79. The van der Waals surface area contributed by atoms with Crippen molar-refractivity contribution in [2.45, 2.75) is 32.7 Å². The van der Waals surface area contributed by atoms with E-state index in [1.54, 1.807) is 4.57 Å². The first-order valence-corrected chi connectivity index (χ1v) is 11.5. The Labute approximate surface area is 173 Å². The molecule has 3 heterocycles. The molecule has 1 aromatic carbocycles. The molecule has 4 rings (SSSR count). The lowest BCUT2D eigenvalue weighted by molar-refractivity contribution is 0.356. The van der Waals surface area contributed by atoms with Gasteiger partial charge in [0.1, 0.15) is 11.6 Å². The Bertz CT molecular complexity index is 1220. The van der Waals surface area contributed by atoms with Crippen molar-refractivity contribution in [2.75, 3.05) is 25.1 Å². The molecule has 0 saturated carbocycles. The molecule has 1 aliphatic rings. The summed E-state index contributed by atoms with van der Waals surface area (Å²) in [6, 6.07) is 4.14. The molecular formula is C19H23FN6O3S. The Kier molecular flexibility index (Phi) is 5.33. The standard InChI is InChI=1S/C19H23FN6O3S/c1-11-8-12-4-7-29-14(12)9-13(11)10-15-23-16-17(21)24-19(20)25-18(16)26(15)6-3-5-22-30(2,27)28/h8-9,22H,3-7,10H2,1-2H3,(H2,21,24,25). The second-order valence-electron chi connectivity index (χ2n) is 7.41. The van der Waals surface area contributed by atoms with Gasteiger partial charge in [0, 0.05) is 25.9 Å². The SMILES string of the molecule is Cc1cc2c(cc1Cc1nc3c(N)nc(F)nc3n1CCCNS(C)(=O)=O)OCC2. The summed E-state index contributed by atoms with van der Waals surface area (Å²) in [6.45, 7) is 3.34. The number of fused-ring (bicyclic) bond motifs is 2. The molecule has 0 saturated heterocycles. The molecule has 0 atom stereocenters. The number of sulfonamides is 1. The predicted octanol–water partition coefficient (Wildman–Crippen LogP) is 1.32. The number of aryl methyl sites for hydroxylation is 2. The van der Waals surface area contributed by atoms with Crippen LogP contribution in [-0.2, 0) is 29.4 Å². The largest absolute Gasteiger partial charge is 0.493 e. The highest BCUT2D eigenvalue weighted by atomic mass is 32.2. The number of nitrogens with two attached hydrogens (primary N) is 1. The summed E-state index contributed by atoms with van der Waals surface area (Å²) in [6.07, 6.45) is 2.02. The van der Waals surface area contributed by atoms with Crippen molar-refractivity contribution in [1.82, 2.24) is 24.2 Å². The van der Waals surface area contributed by atoms with Crippen LogP contribution in [-0.4, -0.2) is 47.3 Å². The van der Waals surface area contributed by atoms with Crippen molar-refractivity contribution < 1.29 is 17.5 Å². The maximum atomic E-state index is 13.8. The smallest absolute Gasteiger partial charge is 0.312 e. The third kappa shape index (κ3) is 4.21. The van der Waals surface area contributed by atoms with Crippen LogP contribution in [0.3, 0.4) is 0 Å². The molecule has 3 N–H and O–H groups in total. The maximum Gasteiger partial charge on any atom is 0.312 e. The van der Waals surface area contributed by atoms with E-state index in [-0.39, 0.29) is 12.4 Å². The number of nitrogens with one attached hydrogen (secondary N) is 1. The highest BCUT2D eigenvalue weighted by molar-refractivity contribution is 7.88. The van der Waals surface area contributed by atoms with E-state index in [1.807, 2.05) is 13.0 Å². The van der Waals surface area contributed by atoms with E-state index in [2.05, 4.69) is 25.7 Å². The van der Waals surface area contributed by atoms with E-state index in [4.69, 9.17) is 10.5 Å². The third-order valence-corrected chi connectivity index (χ3v) is 5.82. The summed E-state index contributed by atoms with van der Waals surface area (Å²) in [4.78, 5) is 12.0. The number of ether oxygens (including phenoxy) is 1. The van der Waals surface area contributed by atoms with Crippen LogP contribution in [0.2, 0.25) is 0 Å². The van der Waals surface area contributed by atoms with Crippen LogP contribution in [0, 0.1) is 13.0 Å². The topological polar surface area (TPSA) is 125 Å². The molecule has 0 amide bonds. The van der Waals surface area contributed by atoms with Crippen molar-refractivity contribution in [3.63, 3.8) is 0 Å². The van der Waals surface area contributed by atoms with Gasteiger partial charge >= 0.3 is 6.08 Å². The van der Waals surface area contributed by atoms with E-state index in [0.717, 1.165) is 29.6 Å². The van der Waals surface area contributed by atoms with E-state index in [0.29, 0.717) is 43.0 Å². The minimum Gasteiger partial charge on any atom is -0.493 e. The van der Waals surface area contributed by atoms with Crippen molar-refractivity contribution >= 4 is 27.0 Å². The van der Waals surface area contributed by atoms with Crippen LogP contribution in [0.4, 0.5) is 10.2 Å². The van der Waals surface area contributed by atoms with Gasteiger partial charge in [-0.05, 0) is 36.1 Å². The number of nitrogen functional groups attached to an aromatic ring is 1. The Morgan fingerprint density at radius 1 is 1.30 bits per heavy atom. The van der Waals surface area contributed by atoms with E-state index >= 15 is 0 Å². The molecule has 2 aromatic heterocycles. The molecule has 0 bridgehead atoms. The lowest BCUT2D eigenvalue weighted by atomic mass is 10.0. The summed E-state index contributed by atoms with van der Waals surface area (Å²) >= 11 is 0. The fraction of sp³-hybridized carbons (Fsp3) is 0.421. The zero-order valence-corrected chi connectivity index (χ0v) is 17.6. The lowest BCUT2D eigenvalue weighted by Crippen LogP contribution is -2.24. The summed E-state index contributed by atoms with van der Waals surface area (Å²) in [5.74, 6) is 1.50. The molecule has 0 fully saturated rings. The number of aromatic nitrogens is 4. The summed E-state index contributed by atoms with van der Waals surface area (Å²) in [7, 11) is -3.29. The van der Waals surface area contributed by atoms with Crippen LogP contribution >= 0.6 is 0 Å². The Morgan fingerprint density at radius 2 is 2.10 bits per heavy atom. The molecule has 11 heteroatoms. The average molecular weight is 434 g/mol. The van der Waals surface area contributed by atoms with Gasteiger partial charge in [0.25, 0.3) is 0 Å². The summed E-state index contributed by atoms with van der Waals surface area (Å²) in [5, 5.41) is 0. The van der Waals surface area contributed by atoms with Crippen LogP contribution in [0.5, 0.6) is 5.75 Å². The third-order valence-electron chi connectivity index (χ3n) is 5.09. The highest BCUT2D eigenvalue weighted by Crippen LogP contribution is 2.30. The molecule has 1 aliphatic heterocycles. The predicted molar refractivity (Wildman–Crippen MR) is 110 cm³/mol. The number of benzene rings is 1. The normalized spacial score (nSPS) is 13.6. The van der Waals surface area contributed by atoms with Gasteiger partial charge in [-0.25, -0.2) is 18.1 Å². The van der Waals surface area contributed by atoms with Crippen LogP contribution in [0.1, 0.15) is 28.9 Å². The zero-order chi connectivity index (χ0) is 21.5. The molecule has 9 nitrogen and oxygen atoms in total. The molecule has 0 unspecified atom stereocenters. The molecule has 160 valence electrons. The average Bonchev–Trinajstić information content (AvgIpc) is 3.23. The summed E-state index contributed by atoms with van der Waals surface area (Å²) in [5.41, 5.74) is 9.83. The quantitative estimate of drug-likeness (QED) is 0.424. The second kappa shape index (κ2) is 7.80. The van der Waals surface area contributed by atoms with Gasteiger partial charge in [-0.3, -0.25) is 0 Å². The van der Waals surface area contributed by atoms with Gasteiger partial charge in [0.2, 0.25) is 10.0 Å². The molecule has 0 aliphatic carbocycles. The first-order chi connectivity index (χ1) is 14.2. The molecule has 0 spiro atoms. The van der Waals surface area contributed by atoms with Crippen molar-refractivity contribution in [2.24, 2.45) is 0 Å². The Balaban J connectivity index is 1.69. The highest BCUT2D eigenvalue weighted by Gasteiger charge is 2.20. The van der Waals surface area contributed by atoms with Gasteiger partial charge < -0.3 is 15.0 Å². The number of nitrogens with zero attached hydrogens (tertiary/aromatic N) is 4. The maximum absolute atomic E-state index is 13.8. The number of halogens is 1. The zero-order valence-electron chi connectivity index (χ0n) is 16.8. The van der Waals surface area contributed by atoms with Gasteiger partial charge in [-0.1, -0.05) is 6.07 Å². The van der Waals surface area contributed by atoms with Crippen LogP contribution in [0.25, 0.3) is 11.2 Å². The molecule has 3 aromatic rings. The van der Waals surface area contributed by atoms with E-state index in [9.17, 15) is 12.8 Å². The van der Waals surface area contributed by atoms with Crippen LogP contribution in [0.15, 0.2) is 12.1 Å². The van der Waals surface area contributed by atoms with Gasteiger partial charge in [-0.2, -0.15) is 14.4 Å². The fourth-order valence-electron chi connectivity index (χ4n) is 3.66. The van der Waals surface area contributed by atoms with Gasteiger partial charge in [0.05, 0.1) is 12.9 Å². The van der Waals surface area contributed by atoms with E-state index < -0.39 is 16.1 Å². The second-order valence-corrected chi connectivity index (χ2v) is 9.24. The minimum absolute atomic E-state index is 0.0271. The lowest BCUT2D eigenvalue weighted by Gasteiger charge is -2.12. The molecule has 30 heavy (non-hydrogen) atoms. The summed E-state index contributed by atoms with van der Waals surface area (Å²) < 4.78 is 46.3. The first kappa shape index (κ1) is 20.5. The van der Waals surface area contributed by atoms with Crippen LogP contribution < -0.4 is 15.2 Å². The van der Waals surface area contributed by atoms with Gasteiger partial charge in [-0.15, -0.1) is 0 Å². The van der Waals surface area contributed by atoms with Gasteiger partial charge in [0.15, 0.2) is 17.0 Å². The molecular weight excluding hydrogens is 411 g/mol. The molecule has 0 radical (unpaired) electrons. The number of hydrogen-bond donors (Lipinski definition) is 2. The number of rotatable bonds is 7. The Morgan fingerprint density at radius 3 is 2.87 bits per heavy atom. The van der Waals surface area contributed by atoms with E-state index in [1.165, 1.54) is 5.56 Å². The fourth-order valence-corrected chi connectivity index (χ4v) is 4.17. The van der Waals surface area contributed by atoms with Crippen molar-refractivity contribution in [3.05, 3.63) is 40.7 Å². The first-order valence-electron chi connectivity index (χ1n) is 9.59.